The van der Waals surface area contributed by atoms with Gasteiger partial charge in [-0.3, -0.25) is 0 Å². The molecule has 1 atom stereocenters. The molecule has 1 aliphatic rings. The van der Waals surface area contributed by atoms with Crippen molar-refractivity contribution in [1.29, 1.82) is 0 Å². The highest BCUT2D eigenvalue weighted by atomic mass is 35.5. The maximum absolute atomic E-state index is 11.6. The molecule has 2 rings (SSSR count). The van der Waals surface area contributed by atoms with Crippen molar-refractivity contribution in [2.75, 3.05) is 23.0 Å². The van der Waals surface area contributed by atoms with Crippen LogP contribution in [0.15, 0.2) is 18.2 Å². The van der Waals surface area contributed by atoms with Crippen LogP contribution in [-0.2, 0) is 9.84 Å². The van der Waals surface area contributed by atoms with Crippen molar-refractivity contribution in [2.24, 2.45) is 5.73 Å². The van der Waals surface area contributed by atoms with Crippen molar-refractivity contribution in [3.8, 4) is 0 Å². The fourth-order valence-electron chi connectivity index (χ4n) is 2.25. The smallest absolute Gasteiger partial charge is 0.154 e. The van der Waals surface area contributed by atoms with E-state index >= 15 is 0 Å². The van der Waals surface area contributed by atoms with E-state index in [0.29, 0.717) is 22.1 Å². The third kappa shape index (κ3) is 3.19. The van der Waals surface area contributed by atoms with E-state index in [4.69, 9.17) is 29.6 Å². The summed E-state index contributed by atoms with van der Waals surface area (Å²) in [6.07, 6.45) is 0. The molecule has 0 aliphatic carbocycles. The maximum Gasteiger partial charge on any atom is 0.154 e. The normalized spacial score (nSPS) is 22.2. The quantitative estimate of drug-likeness (QED) is 0.839. The molecule has 1 saturated heterocycles. The van der Waals surface area contributed by atoms with Crippen molar-refractivity contribution in [2.45, 2.75) is 13.0 Å². The van der Waals surface area contributed by atoms with Crippen LogP contribution in [0.5, 0.6) is 0 Å². The first-order valence-electron chi connectivity index (χ1n) is 5.86. The number of hydrogen-bond acceptors (Lipinski definition) is 4. The number of rotatable bonds is 2. The largest absolute Gasteiger partial charge is 0.389 e. The predicted octanol–water partition coefficient (Wildman–Crippen LogP) is 1.60. The SMILES string of the molecule is CC1CS(=O)(=O)CCN1c1ccc(C(N)=S)cc1Cl. The fraction of sp³-hybridized carbons (Fsp3) is 0.417. The maximum atomic E-state index is 11.6. The van der Waals surface area contributed by atoms with Crippen LogP contribution in [-0.4, -0.2) is 37.5 Å². The first-order valence-corrected chi connectivity index (χ1v) is 8.47. The molecule has 0 bridgehead atoms. The Labute approximate surface area is 123 Å². The van der Waals surface area contributed by atoms with E-state index in [1.54, 1.807) is 12.1 Å². The second-order valence-corrected chi connectivity index (χ2v) is 7.76. The number of nitrogens with two attached hydrogens (primary N) is 1. The van der Waals surface area contributed by atoms with Gasteiger partial charge < -0.3 is 10.6 Å². The summed E-state index contributed by atoms with van der Waals surface area (Å²) in [4.78, 5) is 2.30. The summed E-state index contributed by atoms with van der Waals surface area (Å²) in [7, 11) is -2.93. The third-order valence-electron chi connectivity index (χ3n) is 3.21. The first kappa shape index (κ1) is 14.6. The monoisotopic (exact) mass is 318 g/mol. The van der Waals surface area contributed by atoms with Gasteiger partial charge in [0, 0.05) is 18.2 Å². The molecule has 4 nitrogen and oxygen atoms in total. The zero-order chi connectivity index (χ0) is 14.2. The lowest BCUT2D eigenvalue weighted by Gasteiger charge is -2.35. The highest BCUT2D eigenvalue weighted by Gasteiger charge is 2.29. The standard InChI is InChI=1S/C12H15ClN2O2S2/c1-8-7-19(16,17)5-4-15(8)11-3-2-9(12(14)18)6-10(11)13/h2-3,6,8H,4-5,7H2,1H3,(H2,14,18). The van der Waals surface area contributed by atoms with Crippen molar-refractivity contribution >= 4 is 44.3 Å². The minimum atomic E-state index is -2.93. The van der Waals surface area contributed by atoms with Gasteiger partial charge in [-0.1, -0.05) is 23.8 Å². The molecule has 1 heterocycles. The molecule has 1 aliphatic heterocycles. The summed E-state index contributed by atoms with van der Waals surface area (Å²) in [5.41, 5.74) is 7.09. The molecular weight excluding hydrogens is 304 g/mol. The molecule has 19 heavy (non-hydrogen) atoms. The molecular formula is C12H15ClN2O2S2. The van der Waals surface area contributed by atoms with Crippen molar-refractivity contribution in [1.82, 2.24) is 0 Å². The van der Waals surface area contributed by atoms with Crippen molar-refractivity contribution in [3.05, 3.63) is 28.8 Å². The van der Waals surface area contributed by atoms with E-state index in [2.05, 4.69) is 0 Å². The van der Waals surface area contributed by atoms with E-state index in [1.165, 1.54) is 0 Å². The zero-order valence-electron chi connectivity index (χ0n) is 10.5. The second-order valence-electron chi connectivity index (χ2n) is 4.69. The van der Waals surface area contributed by atoms with Crippen LogP contribution in [0.1, 0.15) is 12.5 Å². The van der Waals surface area contributed by atoms with Gasteiger partial charge in [0.1, 0.15) is 4.99 Å². The fourth-order valence-corrected chi connectivity index (χ4v) is 4.22. The molecule has 1 fully saturated rings. The van der Waals surface area contributed by atoms with Gasteiger partial charge in [0.25, 0.3) is 0 Å². The predicted molar refractivity (Wildman–Crippen MR) is 82.8 cm³/mol. The molecule has 0 amide bonds. The van der Waals surface area contributed by atoms with E-state index in [-0.39, 0.29) is 17.5 Å². The number of benzene rings is 1. The molecule has 2 N–H and O–H groups in total. The minimum Gasteiger partial charge on any atom is -0.389 e. The Morgan fingerprint density at radius 3 is 2.74 bits per heavy atom. The van der Waals surface area contributed by atoms with Crippen molar-refractivity contribution in [3.63, 3.8) is 0 Å². The van der Waals surface area contributed by atoms with E-state index in [0.717, 1.165) is 5.69 Å². The van der Waals surface area contributed by atoms with Crippen LogP contribution in [0.2, 0.25) is 5.02 Å². The van der Waals surface area contributed by atoms with E-state index in [9.17, 15) is 8.42 Å². The van der Waals surface area contributed by atoms with Gasteiger partial charge in [0.05, 0.1) is 22.2 Å². The van der Waals surface area contributed by atoms with Gasteiger partial charge in [-0.2, -0.15) is 0 Å². The van der Waals surface area contributed by atoms with Crippen LogP contribution in [0.4, 0.5) is 5.69 Å². The average Bonchev–Trinajstić information content (AvgIpc) is 2.29. The van der Waals surface area contributed by atoms with Gasteiger partial charge in [-0.05, 0) is 25.1 Å². The van der Waals surface area contributed by atoms with Crippen molar-refractivity contribution < 1.29 is 8.42 Å². The zero-order valence-corrected chi connectivity index (χ0v) is 12.9. The highest BCUT2D eigenvalue weighted by molar-refractivity contribution is 7.91. The summed E-state index contributed by atoms with van der Waals surface area (Å²) >= 11 is 11.1. The number of anilines is 1. The summed E-state index contributed by atoms with van der Waals surface area (Å²) < 4.78 is 23.1. The number of halogens is 1. The second kappa shape index (κ2) is 5.26. The summed E-state index contributed by atoms with van der Waals surface area (Å²) in [6, 6.07) is 5.27. The lowest BCUT2D eigenvalue weighted by Crippen LogP contribution is -2.47. The Balaban J connectivity index is 2.30. The molecule has 1 aromatic carbocycles. The van der Waals surface area contributed by atoms with Crippen LogP contribution >= 0.6 is 23.8 Å². The molecule has 104 valence electrons. The van der Waals surface area contributed by atoms with E-state index in [1.807, 2.05) is 17.9 Å². The molecule has 0 spiro atoms. The molecule has 7 heteroatoms. The number of sulfone groups is 1. The Bertz CT molecular complexity index is 616. The van der Waals surface area contributed by atoms with Crippen LogP contribution < -0.4 is 10.6 Å². The molecule has 0 aromatic heterocycles. The number of hydrogen-bond donors (Lipinski definition) is 1. The van der Waals surface area contributed by atoms with Gasteiger partial charge in [0.2, 0.25) is 0 Å². The number of thiocarbonyl (C=S) groups is 1. The Hall–Kier alpha value is -0.850. The van der Waals surface area contributed by atoms with E-state index < -0.39 is 9.84 Å². The van der Waals surface area contributed by atoms with Crippen LogP contribution in [0.25, 0.3) is 0 Å². The molecule has 0 radical (unpaired) electrons. The number of nitrogens with zero attached hydrogens (tertiary/aromatic N) is 1. The average molecular weight is 319 g/mol. The Morgan fingerprint density at radius 1 is 1.53 bits per heavy atom. The topological polar surface area (TPSA) is 63.4 Å². The highest BCUT2D eigenvalue weighted by Crippen LogP contribution is 2.30. The van der Waals surface area contributed by atoms with Gasteiger partial charge in [0.15, 0.2) is 9.84 Å². The molecule has 1 unspecified atom stereocenters. The molecule has 0 saturated carbocycles. The van der Waals surface area contributed by atoms with Gasteiger partial charge >= 0.3 is 0 Å². The first-order chi connectivity index (χ1) is 8.80. The minimum absolute atomic E-state index is 0.0908. The van der Waals surface area contributed by atoms with Gasteiger partial charge in [-0.15, -0.1) is 0 Å². The van der Waals surface area contributed by atoms with Gasteiger partial charge in [-0.25, -0.2) is 8.42 Å². The third-order valence-corrected chi connectivity index (χ3v) is 5.55. The summed E-state index contributed by atoms with van der Waals surface area (Å²) in [5.74, 6) is 0.311. The van der Waals surface area contributed by atoms with Crippen LogP contribution in [0.3, 0.4) is 0 Å². The molecule has 1 aromatic rings. The Kier molecular flexibility index (Phi) is 4.03. The lowest BCUT2D eigenvalue weighted by molar-refractivity contribution is 0.568. The Morgan fingerprint density at radius 2 is 2.21 bits per heavy atom. The summed E-state index contributed by atoms with van der Waals surface area (Å²) in [6.45, 7) is 2.34. The van der Waals surface area contributed by atoms with Crippen LogP contribution in [0, 0.1) is 0 Å². The lowest BCUT2D eigenvalue weighted by atomic mass is 10.1. The summed E-state index contributed by atoms with van der Waals surface area (Å²) in [5, 5.41) is 0.538.